The molecule has 2 nitrogen and oxygen atoms in total. The van der Waals surface area contributed by atoms with E-state index < -0.39 is 0 Å². The average Bonchev–Trinajstić information content (AvgIpc) is 3.64. The minimum atomic E-state index is 0.876. The van der Waals surface area contributed by atoms with E-state index in [9.17, 15) is 0 Å². The van der Waals surface area contributed by atoms with E-state index in [0.29, 0.717) is 0 Å². The minimum Gasteiger partial charge on any atom is -0.456 e. The summed E-state index contributed by atoms with van der Waals surface area (Å²) in [5.74, 6) is 0.876. The van der Waals surface area contributed by atoms with Crippen LogP contribution in [0.2, 0.25) is 0 Å². The summed E-state index contributed by atoms with van der Waals surface area (Å²) in [6.45, 7) is 0. The lowest BCUT2D eigenvalue weighted by molar-refractivity contribution is 0.631. The third-order valence-electron chi connectivity index (χ3n) is 9.47. The summed E-state index contributed by atoms with van der Waals surface area (Å²) < 4.78 is 6.19. The van der Waals surface area contributed by atoms with Crippen molar-refractivity contribution in [1.82, 2.24) is 0 Å². The molecule has 9 rings (SSSR count). The second kappa shape index (κ2) is 12.8. The fourth-order valence-electron chi connectivity index (χ4n) is 6.95. The van der Waals surface area contributed by atoms with Crippen LogP contribution >= 0.6 is 0 Å². The molecule has 0 atom stereocenters. The Bertz CT molecular complexity index is 2540. The standard InChI is InChI=1S/C48H33NO/c1-2-11-34(12-3-1)35-23-27-42(28-24-35)49(44-19-9-17-39(32-44)46-21-10-15-37-13-4-6-20-45(37)46)43-29-25-36(26-30-43)38-16-8-18-40(31-38)48-33-41-14-5-7-22-47(41)50-48/h1-33H. The van der Waals surface area contributed by atoms with E-state index in [0.717, 1.165) is 50.5 Å². The van der Waals surface area contributed by atoms with Gasteiger partial charge in [0.2, 0.25) is 0 Å². The molecule has 9 aromatic rings. The molecule has 8 aromatic carbocycles. The summed E-state index contributed by atoms with van der Waals surface area (Å²) in [7, 11) is 0. The van der Waals surface area contributed by atoms with E-state index in [1.165, 1.54) is 33.0 Å². The van der Waals surface area contributed by atoms with Crippen molar-refractivity contribution in [3.05, 3.63) is 200 Å². The van der Waals surface area contributed by atoms with E-state index in [1.807, 2.05) is 18.2 Å². The van der Waals surface area contributed by atoms with Crippen molar-refractivity contribution >= 4 is 38.8 Å². The van der Waals surface area contributed by atoms with Crippen LogP contribution in [0.15, 0.2) is 205 Å². The number of anilines is 3. The maximum atomic E-state index is 6.19. The fraction of sp³-hybridized carbons (Fsp3) is 0. The topological polar surface area (TPSA) is 16.4 Å². The van der Waals surface area contributed by atoms with Crippen molar-refractivity contribution in [3.63, 3.8) is 0 Å². The van der Waals surface area contributed by atoms with Gasteiger partial charge in [0.1, 0.15) is 11.3 Å². The molecule has 0 radical (unpaired) electrons. The first-order valence-electron chi connectivity index (χ1n) is 17.0. The molecule has 2 heteroatoms. The second-order valence-corrected chi connectivity index (χ2v) is 12.6. The lowest BCUT2D eigenvalue weighted by Gasteiger charge is -2.26. The first kappa shape index (κ1) is 29.5. The van der Waals surface area contributed by atoms with Crippen LogP contribution in [0.1, 0.15) is 0 Å². The summed E-state index contributed by atoms with van der Waals surface area (Å²) in [5.41, 5.74) is 12.4. The van der Waals surface area contributed by atoms with E-state index in [2.05, 4.69) is 187 Å². The van der Waals surface area contributed by atoms with Gasteiger partial charge in [0.15, 0.2) is 0 Å². The summed E-state index contributed by atoms with van der Waals surface area (Å²) in [6.07, 6.45) is 0. The molecule has 236 valence electrons. The zero-order chi connectivity index (χ0) is 33.3. The summed E-state index contributed by atoms with van der Waals surface area (Å²) in [6, 6.07) is 71.1. The molecule has 0 fully saturated rings. The largest absolute Gasteiger partial charge is 0.456 e. The van der Waals surface area contributed by atoms with Crippen molar-refractivity contribution in [3.8, 4) is 44.7 Å². The number of furan rings is 1. The summed E-state index contributed by atoms with van der Waals surface area (Å²) in [4.78, 5) is 2.35. The van der Waals surface area contributed by atoms with Gasteiger partial charge in [-0.3, -0.25) is 0 Å². The van der Waals surface area contributed by atoms with Crippen LogP contribution in [0.3, 0.4) is 0 Å². The Morgan fingerprint density at radius 3 is 1.66 bits per heavy atom. The molecule has 0 saturated heterocycles. The first-order valence-corrected chi connectivity index (χ1v) is 17.0. The Morgan fingerprint density at radius 2 is 0.880 bits per heavy atom. The van der Waals surface area contributed by atoms with E-state index in [1.54, 1.807) is 0 Å². The predicted molar refractivity (Wildman–Crippen MR) is 210 cm³/mol. The Morgan fingerprint density at radius 1 is 0.320 bits per heavy atom. The Hall–Kier alpha value is -6.64. The smallest absolute Gasteiger partial charge is 0.135 e. The molecule has 0 N–H and O–H groups in total. The van der Waals surface area contributed by atoms with Crippen molar-refractivity contribution < 1.29 is 4.42 Å². The number of fused-ring (bicyclic) bond motifs is 2. The van der Waals surface area contributed by atoms with Gasteiger partial charge < -0.3 is 9.32 Å². The molecule has 0 aliphatic carbocycles. The van der Waals surface area contributed by atoms with Crippen LogP contribution in [0.25, 0.3) is 66.4 Å². The van der Waals surface area contributed by atoms with Gasteiger partial charge in [-0.05, 0) is 98.8 Å². The maximum absolute atomic E-state index is 6.19. The van der Waals surface area contributed by atoms with E-state index in [-0.39, 0.29) is 0 Å². The maximum Gasteiger partial charge on any atom is 0.135 e. The van der Waals surface area contributed by atoms with Crippen molar-refractivity contribution in [2.45, 2.75) is 0 Å². The quantitative estimate of drug-likeness (QED) is 0.173. The second-order valence-electron chi connectivity index (χ2n) is 12.6. The Balaban J connectivity index is 1.11. The lowest BCUT2D eigenvalue weighted by Crippen LogP contribution is -2.10. The highest BCUT2D eigenvalue weighted by atomic mass is 16.3. The molecule has 50 heavy (non-hydrogen) atoms. The SMILES string of the molecule is c1ccc(-c2ccc(N(c3ccc(-c4cccc(-c5cc6ccccc6o5)c4)cc3)c3cccc(-c4cccc5ccccc45)c3)cc2)cc1. The molecule has 0 amide bonds. The summed E-state index contributed by atoms with van der Waals surface area (Å²) in [5, 5.41) is 3.60. The van der Waals surface area contributed by atoms with Crippen molar-refractivity contribution in [2.75, 3.05) is 4.90 Å². The van der Waals surface area contributed by atoms with Gasteiger partial charge in [0.05, 0.1) is 0 Å². The average molecular weight is 640 g/mol. The van der Waals surface area contributed by atoms with Crippen LogP contribution in [0.5, 0.6) is 0 Å². The van der Waals surface area contributed by atoms with Crippen LogP contribution in [-0.2, 0) is 0 Å². The van der Waals surface area contributed by atoms with Gasteiger partial charge >= 0.3 is 0 Å². The molecule has 0 bridgehead atoms. The molecule has 0 aliphatic rings. The highest BCUT2D eigenvalue weighted by Crippen LogP contribution is 2.40. The fourth-order valence-corrected chi connectivity index (χ4v) is 6.95. The third-order valence-corrected chi connectivity index (χ3v) is 9.47. The molecule has 0 unspecified atom stereocenters. The van der Waals surface area contributed by atoms with E-state index in [4.69, 9.17) is 4.42 Å². The van der Waals surface area contributed by atoms with Gasteiger partial charge in [-0.2, -0.15) is 0 Å². The van der Waals surface area contributed by atoms with Gasteiger partial charge in [-0.25, -0.2) is 0 Å². The number of para-hydroxylation sites is 1. The van der Waals surface area contributed by atoms with Gasteiger partial charge in [0, 0.05) is 28.0 Å². The number of hydrogen-bond acceptors (Lipinski definition) is 2. The third kappa shape index (κ3) is 5.63. The van der Waals surface area contributed by atoms with Crippen molar-refractivity contribution in [2.24, 2.45) is 0 Å². The number of benzene rings is 8. The summed E-state index contributed by atoms with van der Waals surface area (Å²) >= 11 is 0. The van der Waals surface area contributed by atoms with Crippen molar-refractivity contribution in [1.29, 1.82) is 0 Å². The molecular weight excluding hydrogens is 607 g/mol. The highest BCUT2D eigenvalue weighted by molar-refractivity contribution is 5.97. The molecule has 1 aromatic heterocycles. The first-order chi connectivity index (χ1) is 24.8. The monoisotopic (exact) mass is 639 g/mol. The molecular formula is C48H33NO. The Kier molecular flexibility index (Phi) is 7.53. The molecule has 0 spiro atoms. The molecule has 0 saturated carbocycles. The predicted octanol–water partition coefficient (Wildman–Crippen LogP) is 13.7. The van der Waals surface area contributed by atoms with Crippen LogP contribution in [0, 0.1) is 0 Å². The minimum absolute atomic E-state index is 0.876. The Labute approximate surface area is 292 Å². The zero-order valence-electron chi connectivity index (χ0n) is 27.4. The normalized spacial score (nSPS) is 11.2. The zero-order valence-corrected chi connectivity index (χ0v) is 27.4. The number of hydrogen-bond donors (Lipinski definition) is 0. The van der Waals surface area contributed by atoms with Gasteiger partial charge in [-0.1, -0.05) is 146 Å². The molecule has 0 aliphatic heterocycles. The number of rotatable bonds is 7. The van der Waals surface area contributed by atoms with Gasteiger partial charge in [-0.15, -0.1) is 0 Å². The van der Waals surface area contributed by atoms with Gasteiger partial charge in [0.25, 0.3) is 0 Å². The van der Waals surface area contributed by atoms with Crippen LogP contribution in [-0.4, -0.2) is 0 Å². The number of nitrogens with zero attached hydrogens (tertiary/aromatic N) is 1. The molecule has 1 heterocycles. The van der Waals surface area contributed by atoms with E-state index >= 15 is 0 Å². The lowest BCUT2D eigenvalue weighted by atomic mass is 9.97. The highest BCUT2D eigenvalue weighted by Gasteiger charge is 2.15. The van der Waals surface area contributed by atoms with Crippen LogP contribution in [0.4, 0.5) is 17.1 Å². The van der Waals surface area contributed by atoms with Crippen LogP contribution < -0.4 is 4.90 Å².